The fraction of sp³-hybridized carbons (Fsp3) is 0.657. The number of nitrogens with zero attached hydrogens (tertiary/aromatic N) is 4. The standard InChI is InChI=1S/C35H48N4O3S/c40-35(41)33-36-23-26-24-42-34(39(21-19-37-15-6-2-7-16-37)22-20-38-17-8-3-9-18-38)30-28-14-10-13-27(28)29(31(30)32(26)43-33)25-11-4-1-5-12-25/h10,13-14,25,28H,1-9,11-12,15-24H2,(H,40,41). The molecule has 2 saturated heterocycles. The lowest BCUT2D eigenvalue weighted by molar-refractivity contribution is -0.129. The number of ether oxygens (including phenoxy) is 1. The van der Waals surface area contributed by atoms with Crippen LogP contribution < -0.4 is 0 Å². The highest BCUT2D eigenvalue weighted by Crippen LogP contribution is 2.57. The zero-order valence-corrected chi connectivity index (χ0v) is 26.5. The molecule has 1 atom stereocenters. The van der Waals surface area contributed by atoms with Crippen LogP contribution in [0.3, 0.4) is 0 Å². The number of aliphatic imine (C=N–C) groups is 1. The normalized spacial score (nSPS) is 26.9. The molecule has 3 fully saturated rings. The molecule has 1 N–H and O–H groups in total. The second kappa shape index (κ2) is 13.4. The first-order valence-electron chi connectivity index (χ1n) is 17.1. The molecule has 0 bridgehead atoms. The molecule has 8 heteroatoms. The summed E-state index contributed by atoms with van der Waals surface area (Å²) in [6, 6.07) is 0. The maximum atomic E-state index is 12.2. The number of allylic oxidation sites excluding steroid dienone is 7. The van der Waals surface area contributed by atoms with Gasteiger partial charge in [-0.2, -0.15) is 0 Å². The van der Waals surface area contributed by atoms with Crippen molar-refractivity contribution in [2.45, 2.75) is 70.6 Å². The molecule has 0 aromatic heterocycles. The number of piperidine rings is 2. The van der Waals surface area contributed by atoms with E-state index in [1.165, 1.54) is 131 Å². The summed E-state index contributed by atoms with van der Waals surface area (Å²) in [7, 11) is 0. The number of carboxylic acids is 1. The van der Waals surface area contributed by atoms with E-state index in [2.05, 4.69) is 37.9 Å². The highest BCUT2D eigenvalue weighted by Gasteiger charge is 2.45. The van der Waals surface area contributed by atoms with Gasteiger partial charge in [0.25, 0.3) is 0 Å². The van der Waals surface area contributed by atoms with E-state index in [1.807, 2.05) is 0 Å². The maximum Gasteiger partial charge on any atom is 0.361 e. The van der Waals surface area contributed by atoms with E-state index in [-0.39, 0.29) is 11.0 Å². The van der Waals surface area contributed by atoms with Gasteiger partial charge in [-0.1, -0.05) is 62.1 Å². The van der Waals surface area contributed by atoms with E-state index >= 15 is 0 Å². The molecule has 1 saturated carbocycles. The van der Waals surface area contributed by atoms with Gasteiger partial charge in [0.15, 0.2) is 10.9 Å². The molecule has 7 aliphatic rings. The average molecular weight is 605 g/mol. The SMILES string of the molecule is O=C(O)C1=NCC2=C(S1)C1=C(C3CCCCC3)C3=CC=CC3C1=C(N(CCN1CCCCC1)CCN1CCCCC1)OC2. The maximum absolute atomic E-state index is 12.2. The molecule has 1 unspecified atom stereocenters. The van der Waals surface area contributed by atoms with Crippen molar-refractivity contribution >= 4 is 22.8 Å². The average Bonchev–Trinajstić information content (AvgIpc) is 3.60. The summed E-state index contributed by atoms with van der Waals surface area (Å²) in [5, 5.41) is 10.2. The number of carbonyl (C=O) groups is 1. The van der Waals surface area contributed by atoms with Gasteiger partial charge in [0.2, 0.25) is 0 Å². The van der Waals surface area contributed by atoms with Gasteiger partial charge in [0, 0.05) is 53.7 Å². The second-order valence-electron chi connectivity index (χ2n) is 13.4. The van der Waals surface area contributed by atoms with Crippen molar-refractivity contribution < 1.29 is 14.6 Å². The Balaban J connectivity index is 1.29. The van der Waals surface area contributed by atoms with Gasteiger partial charge in [-0.05, 0) is 81.8 Å². The number of likely N-dealkylation sites (tertiary alicyclic amines) is 2. The Morgan fingerprint density at radius 3 is 2.23 bits per heavy atom. The molecule has 43 heavy (non-hydrogen) atoms. The first-order valence-corrected chi connectivity index (χ1v) is 17.9. The third-order valence-electron chi connectivity index (χ3n) is 10.6. The first-order chi connectivity index (χ1) is 21.2. The van der Waals surface area contributed by atoms with Crippen molar-refractivity contribution in [1.82, 2.24) is 14.7 Å². The van der Waals surface area contributed by atoms with Gasteiger partial charge in [0.05, 0.1) is 6.54 Å². The molecular formula is C35H48N4O3S. The zero-order chi connectivity index (χ0) is 29.2. The summed E-state index contributed by atoms with van der Waals surface area (Å²) in [6.45, 7) is 9.73. The highest BCUT2D eigenvalue weighted by molar-refractivity contribution is 8.19. The minimum Gasteiger partial charge on any atom is -0.476 e. The van der Waals surface area contributed by atoms with Crippen LogP contribution in [0.2, 0.25) is 0 Å². The summed E-state index contributed by atoms with van der Waals surface area (Å²) < 4.78 is 6.95. The number of thioether (sulfide) groups is 1. The van der Waals surface area contributed by atoms with E-state index in [1.54, 1.807) is 0 Å². The van der Waals surface area contributed by atoms with E-state index in [0.717, 1.165) is 42.5 Å². The lowest BCUT2D eigenvalue weighted by Crippen LogP contribution is -2.42. The predicted molar refractivity (Wildman–Crippen MR) is 174 cm³/mol. The number of aliphatic carboxylic acids is 1. The Bertz CT molecular complexity index is 1250. The largest absolute Gasteiger partial charge is 0.476 e. The molecule has 0 amide bonds. The molecule has 232 valence electrons. The third-order valence-corrected chi connectivity index (χ3v) is 11.8. The Morgan fingerprint density at radius 2 is 1.58 bits per heavy atom. The monoisotopic (exact) mass is 604 g/mol. The highest BCUT2D eigenvalue weighted by atomic mass is 32.2. The molecule has 7 rings (SSSR count). The summed E-state index contributed by atoms with van der Waals surface area (Å²) >= 11 is 1.38. The number of carboxylic acid groups (broad SMARTS) is 1. The third kappa shape index (κ3) is 6.16. The Morgan fingerprint density at radius 1 is 0.930 bits per heavy atom. The van der Waals surface area contributed by atoms with Gasteiger partial charge in [-0.3, -0.25) is 4.99 Å². The van der Waals surface area contributed by atoms with E-state index in [0.29, 0.717) is 19.1 Å². The van der Waals surface area contributed by atoms with Crippen LogP contribution >= 0.6 is 11.8 Å². The van der Waals surface area contributed by atoms with E-state index < -0.39 is 5.97 Å². The number of fused-ring (bicyclic) bond motifs is 4. The number of hydrogen-bond donors (Lipinski definition) is 1. The number of hydrogen-bond acceptors (Lipinski definition) is 7. The van der Waals surface area contributed by atoms with Crippen molar-refractivity contribution in [1.29, 1.82) is 0 Å². The fourth-order valence-electron chi connectivity index (χ4n) is 8.34. The molecular weight excluding hydrogens is 556 g/mol. The van der Waals surface area contributed by atoms with Gasteiger partial charge < -0.3 is 24.5 Å². The van der Waals surface area contributed by atoms with Crippen LogP contribution in [0.25, 0.3) is 0 Å². The Hall–Kier alpha value is -2.29. The molecule has 0 spiro atoms. The summed E-state index contributed by atoms with van der Waals surface area (Å²) in [5.41, 5.74) is 6.64. The van der Waals surface area contributed by atoms with Crippen LogP contribution in [0, 0.1) is 11.8 Å². The lowest BCUT2D eigenvalue weighted by Gasteiger charge is -2.35. The van der Waals surface area contributed by atoms with Crippen LogP contribution in [0.5, 0.6) is 0 Å². The quantitative estimate of drug-likeness (QED) is 0.347. The van der Waals surface area contributed by atoms with Crippen LogP contribution in [0.15, 0.2) is 61.9 Å². The van der Waals surface area contributed by atoms with Gasteiger partial charge in [-0.25, -0.2) is 4.79 Å². The summed E-state index contributed by atoms with van der Waals surface area (Å²) in [6.07, 6.45) is 21.1. The summed E-state index contributed by atoms with van der Waals surface area (Å²) in [5.74, 6) is 0.832. The van der Waals surface area contributed by atoms with Crippen molar-refractivity contribution in [2.75, 3.05) is 65.5 Å². The van der Waals surface area contributed by atoms with Gasteiger partial charge in [0.1, 0.15) is 6.61 Å². The molecule has 0 aromatic carbocycles. The molecule has 3 aliphatic carbocycles. The Kier molecular flexibility index (Phi) is 9.15. The van der Waals surface area contributed by atoms with Gasteiger partial charge >= 0.3 is 5.97 Å². The van der Waals surface area contributed by atoms with Crippen molar-refractivity contribution in [3.63, 3.8) is 0 Å². The smallest absolute Gasteiger partial charge is 0.361 e. The minimum absolute atomic E-state index is 0.189. The van der Waals surface area contributed by atoms with E-state index in [4.69, 9.17) is 4.74 Å². The second-order valence-corrected chi connectivity index (χ2v) is 14.4. The van der Waals surface area contributed by atoms with Crippen molar-refractivity contribution in [3.8, 4) is 0 Å². The molecule has 4 aliphatic heterocycles. The lowest BCUT2D eigenvalue weighted by atomic mass is 9.80. The van der Waals surface area contributed by atoms with Crippen molar-refractivity contribution in [3.05, 3.63) is 56.9 Å². The molecule has 7 nitrogen and oxygen atoms in total. The van der Waals surface area contributed by atoms with Crippen LogP contribution in [0.1, 0.15) is 70.6 Å². The minimum atomic E-state index is -0.922. The predicted octanol–water partition coefficient (Wildman–Crippen LogP) is 5.99. The fourth-order valence-corrected chi connectivity index (χ4v) is 9.34. The first kappa shape index (κ1) is 29.4. The van der Waals surface area contributed by atoms with Gasteiger partial charge in [-0.15, -0.1) is 0 Å². The molecule has 0 aromatic rings. The van der Waals surface area contributed by atoms with Crippen molar-refractivity contribution in [2.24, 2.45) is 16.8 Å². The zero-order valence-electron chi connectivity index (χ0n) is 25.7. The summed E-state index contributed by atoms with van der Waals surface area (Å²) in [4.78, 5) is 25.6. The number of rotatable bonds is 9. The van der Waals surface area contributed by atoms with Crippen LogP contribution in [-0.2, 0) is 9.53 Å². The van der Waals surface area contributed by atoms with Crippen LogP contribution in [-0.4, -0.2) is 96.3 Å². The molecule has 4 heterocycles. The topological polar surface area (TPSA) is 68.6 Å². The van der Waals surface area contributed by atoms with Crippen LogP contribution in [0.4, 0.5) is 0 Å². The Labute approximate surface area is 261 Å². The molecule has 0 radical (unpaired) electrons. The van der Waals surface area contributed by atoms with E-state index in [9.17, 15) is 9.90 Å².